The zero-order valence-electron chi connectivity index (χ0n) is 34.8. The molecule has 51 heavy (non-hydrogen) atoms. The van der Waals surface area contributed by atoms with Crippen molar-refractivity contribution in [3.8, 4) is 0 Å². The average Bonchev–Trinajstić information content (AvgIpc) is 3.13. The van der Waals surface area contributed by atoms with E-state index < -0.39 is 18.2 Å². The molecule has 0 heterocycles. The fraction of sp³-hybridized carbons (Fsp3) is 0.978. The van der Waals surface area contributed by atoms with Crippen LogP contribution < -0.4 is 5.32 Å². The molecular formula is C46H93NO4. The number of carbonyl (C=O) groups excluding carboxylic acids is 1. The van der Waals surface area contributed by atoms with E-state index in [4.69, 9.17) is 0 Å². The zero-order chi connectivity index (χ0) is 37.3. The topological polar surface area (TPSA) is 89.8 Å². The second kappa shape index (κ2) is 42.1. The number of carbonyl (C=O) groups is 1. The summed E-state index contributed by atoms with van der Waals surface area (Å²) in [7, 11) is 0. The van der Waals surface area contributed by atoms with Gasteiger partial charge < -0.3 is 20.6 Å². The van der Waals surface area contributed by atoms with Gasteiger partial charge in [0.1, 0.15) is 6.10 Å². The first kappa shape index (κ1) is 50.4. The summed E-state index contributed by atoms with van der Waals surface area (Å²) >= 11 is 0. The number of rotatable bonds is 43. The maximum Gasteiger partial charge on any atom is 0.220 e. The van der Waals surface area contributed by atoms with Crippen molar-refractivity contribution in [2.75, 3.05) is 6.61 Å². The van der Waals surface area contributed by atoms with Gasteiger partial charge in [-0.1, -0.05) is 245 Å². The van der Waals surface area contributed by atoms with E-state index in [1.165, 1.54) is 205 Å². The van der Waals surface area contributed by atoms with E-state index in [9.17, 15) is 20.1 Å². The number of aliphatic hydroxyl groups is 3. The second-order valence-electron chi connectivity index (χ2n) is 16.3. The Bertz CT molecular complexity index is 674. The van der Waals surface area contributed by atoms with Gasteiger partial charge in [-0.3, -0.25) is 4.79 Å². The van der Waals surface area contributed by atoms with Crippen LogP contribution in [0.3, 0.4) is 0 Å². The maximum atomic E-state index is 12.4. The van der Waals surface area contributed by atoms with Crippen molar-refractivity contribution in [1.82, 2.24) is 5.32 Å². The van der Waals surface area contributed by atoms with Gasteiger partial charge in [-0.2, -0.15) is 0 Å². The van der Waals surface area contributed by atoms with Crippen LogP contribution in [0.15, 0.2) is 0 Å². The lowest BCUT2D eigenvalue weighted by Gasteiger charge is -2.26. The van der Waals surface area contributed by atoms with Crippen LogP contribution >= 0.6 is 0 Å². The molecule has 0 spiro atoms. The summed E-state index contributed by atoms with van der Waals surface area (Å²) in [5, 5.41) is 33.5. The molecule has 5 heteroatoms. The molecule has 3 unspecified atom stereocenters. The Morgan fingerprint density at radius 1 is 0.412 bits per heavy atom. The summed E-state index contributed by atoms with van der Waals surface area (Å²) < 4.78 is 0. The molecule has 0 aromatic heterocycles. The molecule has 0 aliphatic carbocycles. The van der Waals surface area contributed by atoms with Crippen LogP contribution in [0.5, 0.6) is 0 Å². The lowest BCUT2D eigenvalue weighted by Crippen LogP contribution is -2.50. The summed E-state index contributed by atoms with van der Waals surface area (Å²) in [6.07, 6.45) is 48.0. The van der Waals surface area contributed by atoms with Crippen molar-refractivity contribution in [2.45, 2.75) is 283 Å². The molecule has 3 atom stereocenters. The molecular weight excluding hydrogens is 631 g/mol. The highest BCUT2D eigenvalue weighted by Crippen LogP contribution is 2.17. The van der Waals surface area contributed by atoms with E-state index in [-0.39, 0.29) is 12.5 Å². The fourth-order valence-electron chi connectivity index (χ4n) is 7.58. The Balaban J connectivity index is 3.50. The number of unbranched alkanes of at least 4 members (excludes halogenated alkanes) is 35. The van der Waals surface area contributed by atoms with Gasteiger partial charge in [0.2, 0.25) is 5.91 Å². The molecule has 0 aromatic rings. The van der Waals surface area contributed by atoms with Gasteiger partial charge in [-0.15, -0.1) is 0 Å². The van der Waals surface area contributed by atoms with E-state index in [1.54, 1.807) is 0 Å². The third-order valence-electron chi connectivity index (χ3n) is 11.2. The van der Waals surface area contributed by atoms with Gasteiger partial charge in [0.15, 0.2) is 0 Å². The predicted molar refractivity (Wildman–Crippen MR) is 222 cm³/mol. The van der Waals surface area contributed by atoms with Crippen molar-refractivity contribution < 1.29 is 20.1 Å². The largest absolute Gasteiger partial charge is 0.394 e. The Kier molecular flexibility index (Phi) is 41.6. The Labute approximate surface area is 319 Å². The van der Waals surface area contributed by atoms with Crippen LogP contribution in [0.25, 0.3) is 0 Å². The average molecular weight is 724 g/mol. The minimum atomic E-state index is -1.13. The minimum absolute atomic E-state index is 0.139. The summed E-state index contributed by atoms with van der Waals surface area (Å²) in [5.41, 5.74) is 0. The van der Waals surface area contributed by atoms with E-state index in [0.717, 1.165) is 32.1 Å². The highest BCUT2D eigenvalue weighted by atomic mass is 16.3. The van der Waals surface area contributed by atoms with Crippen molar-refractivity contribution in [2.24, 2.45) is 0 Å². The zero-order valence-corrected chi connectivity index (χ0v) is 34.8. The monoisotopic (exact) mass is 724 g/mol. The van der Waals surface area contributed by atoms with Gasteiger partial charge in [-0.25, -0.2) is 0 Å². The molecule has 1 amide bonds. The normalized spacial score (nSPS) is 13.4. The lowest BCUT2D eigenvalue weighted by molar-refractivity contribution is -0.124. The van der Waals surface area contributed by atoms with Gasteiger partial charge in [0.05, 0.1) is 18.8 Å². The van der Waals surface area contributed by atoms with Crippen molar-refractivity contribution >= 4 is 5.91 Å². The van der Waals surface area contributed by atoms with Crippen LogP contribution in [-0.4, -0.2) is 46.1 Å². The summed E-state index contributed by atoms with van der Waals surface area (Å²) in [6, 6.07) is -0.802. The Morgan fingerprint density at radius 3 is 0.941 bits per heavy atom. The summed E-state index contributed by atoms with van der Waals surface area (Å²) in [6.45, 7) is 4.19. The molecule has 0 fully saturated rings. The van der Waals surface area contributed by atoms with Gasteiger partial charge >= 0.3 is 0 Å². The van der Waals surface area contributed by atoms with Gasteiger partial charge in [0, 0.05) is 6.42 Å². The van der Waals surface area contributed by atoms with Crippen molar-refractivity contribution in [1.29, 1.82) is 0 Å². The van der Waals surface area contributed by atoms with E-state index >= 15 is 0 Å². The van der Waals surface area contributed by atoms with E-state index in [0.29, 0.717) is 12.8 Å². The van der Waals surface area contributed by atoms with Crippen molar-refractivity contribution in [3.63, 3.8) is 0 Å². The summed E-state index contributed by atoms with van der Waals surface area (Å²) in [5.74, 6) is -0.139. The Hall–Kier alpha value is -0.650. The highest BCUT2D eigenvalue weighted by Gasteiger charge is 2.26. The number of hydrogen-bond donors (Lipinski definition) is 4. The first-order valence-corrected chi connectivity index (χ1v) is 23.3. The van der Waals surface area contributed by atoms with Crippen molar-refractivity contribution in [3.05, 3.63) is 0 Å². The maximum absolute atomic E-state index is 12.4. The molecule has 0 aromatic carbocycles. The SMILES string of the molecule is CCCCCCCCCCCCCCCCCCCCCCCCCCCC(=O)NC(CO)C(O)C(O)CCCCCCCCCCCCCC. The third-order valence-corrected chi connectivity index (χ3v) is 11.2. The van der Waals surface area contributed by atoms with Crippen LogP contribution in [-0.2, 0) is 4.79 Å². The van der Waals surface area contributed by atoms with Gasteiger partial charge in [0.25, 0.3) is 0 Å². The second-order valence-corrected chi connectivity index (χ2v) is 16.3. The molecule has 306 valence electrons. The first-order chi connectivity index (χ1) is 25.1. The van der Waals surface area contributed by atoms with Crippen LogP contribution in [0.4, 0.5) is 0 Å². The Morgan fingerprint density at radius 2 is 0.667 bits per heavy atom. The predicted octanol–water partition coefficient (Wildman–Crippen LogP) is 13.4. The molecule has 0 radical (unpaired) electrons. The van der Waals surface area contributed by atoms with E-state index in [1.807, 2.05) is 0 Å². The number of nitrogens with one attached hydrogen (secondary N) is 1. The minimum Gasteiger partial charge on any atom is -0.394 e. The van der Waals surface area contributed by atoms with Gasteiger partial charge in [-0.05, 0) is 12.8 Å². The third kappa shape index (κ3) is 37.5. The molecule has 0 saturated carbocycles. The lowest BCUT2D eigenvalue weighted by atomic mass is 9.99. The molecule has 0 bridgehead atoms. The molecule has 5 nitrogen and oxygen atoms in total. The molecule has 0 aliphatic rings. The van der Waals surface area contributed by atoms with Crippen LogP contribution in [0.1, 0.15) is 264 Å². The molecule has 4 N–H and O–H groups in total. The number of amides is 1. The molecule has 0 aliphatic heterocycles. The number of hydrogen-bond acceptors (Lipinski definition) is 4. The summed E-state index contributed by atoms with van der Waals surface area (Å²) in [4.78, 5) is 12.4. The standard InChI is InChI=1S/C46H93NO4/c1-3-5-7-9-11-13-15-17-18-19-20-21-22-23-24-25-26-27-28-29-31-33-35-37-39-41-45(50)47-43(42-48)46(51)44(49)40-38-36-34-32-30-16-14-12-10-8-6-4-2/h43-44,46,48-49,51H,3-42H2,1-2H3,(H,47,50). The van der Waals surface area contributed by atoms with Crippen LogP contribution in [0.2, 0.25) is 0 Å². The number of aliphatic hydroxyl groups excluding tert-OH is 3. The fourth-order valence-corrected chi connectivity index (χ4v) is 7.58. The highest BCUT2D eigenvalue weighted by molar-refractivity contribution is 5.76. The van der Waals surface area contributed by atoms with E-state index in [2.05, 4.69) is 19.2 Å². The quantitative estimate of drug-likeness (QED) is 0.0472. The molecule has 0 rings (SSSR count). The molecule has 0 saturated heterocycles. The first-order valence-electron chi connectivity index (χ1n) is 23.3. The van der Waals surface area contributed by atoms with Crippen LogP contribution in [0, 0.1) is 0 Å². The smallest absolute Gasteiger partial charge is 0.220 e.